The Kier molecular flexibility index (Phi) is 6.46. The largest absolute Gasteiger partial charge is 0.466 e. The number of carbonyl (C=O) groups is 1. The standard InChI is InChI=1S/C13H25NO2/c1-3-7-11(13(15)16-4-2)10-14-12-8-5-6-9-12/h11-12,14H,3-10H2,1-2H3. The van der Waals surface area contributed by atoms with Crippen molar-refractivity contribution in [1.82, 2.24) is 5.32 Å². The highest BCUT2D eigenvalue weighted by molar-refractivity contribution is 5.72. The van der Waals surface area contributed by atoms with Crippen LogP contribution in [-0.2, 0) is 9.53 Å². The van der Waals surface area contributed by atoms with Gasteiger partial charge in [0.2, 0.25) is 0 Å². The molecule has 0 bridgehead atoms. The van der Waals surface area contributed by atoms with Crippen molar-refractivity contribution in [3.63, 3.8) is 0 Å². The Balaban J connectivity index is 2.28. The quantitative estimate of drug-likeness (QED) is 0.679. The zero-order valence-corrected chi connectivity index (χ0v) is 10.6. The van der Waals surface area contributed by atoms with Crippen LogP contribution in [0, 0.1) is 5.92 Å². The second-order valence-corrected chi connectivity index (χ2v) is 4.63. The van der Waals surface area contributed by atoms with Crippen LogP contribution in [0.4, 0.5) is 0 Å². The molecule has 3 nitrogen and oxygen atoms in total. The molecule has 0 amide bonds. The van der Waals surface area contributed by atoms with Crippen LogP contribution in [-0.4, -0.2) is 25.2 Å². The van der Waals surface area contributed by atoms with Crippen LogP contribution in [0.2, 0.25) is 0 Å². The third-order valence-corrected chi connectivity index (χ3v) is 3.27. The summed E-state index contributed by atoms with van der Waals surface area (Å²) >= 11 is 0. The van der Waals surface area contributed by atoms with Gasteiger partial charge in [0.25, 0.3) is 0 Å². The van der Waals surface area contributed by atoms with Gasteiger partial charge in [0.1, 0.15) is 0 Å². The maximum absolute atomic E-state index is 11.7. The number of hydrogen-bond acceptors (Lipinski definition) is 3. The van der Waals surface area contributed by atoms with Gasteiger partial charge in [-0.3, -0.25) is 4.79 Å². The molecule has 0 heterocycles. The van der Waals surface area contributed by atoms with Gasteiger partial charge < -0.3 is 10.1 Å². The van der Waals surface area contributed by atoms with Crippen molar-refractivity contribution in [3.8, 4) is 0 Å². The number of nitrogens with one attached hydrogen (secondary N) is 1. The van der Waals surface area contributed by atoms with Crippen LogP contribution >= 0.6 is 0 Å². The van der Waals surface area contributed by atoms with E-state index in [-0.39, 0.29) is 11.9 Å². The van der Waals surface area contributed by atoms with E-state index in [4.69, 9.17) is 4.74 Å². The topological polar surface area (TPSA) is 38.3 Å². The lowest BCUT2D eigenvalue weighted by atomic mass is 10.0. The summed E-state index contributed by atoms with van der Waals surface area (Å²) in [5.41, 5.74) is 0. The van der Waals surface area contributed by atoms with Gasteiger partial charge in [-0.15, -0.1) is 0 Å². The number of ether oxygens (including phenoxy) is 1. The van der Waals surface area contributed by atoms with E-state index in [1.165, 1.54) is 25.7 Å². The molecule has 1 fully saturated rings. The van der Waals surface area contributed by atoms with Crippen molar-refractivity contribution in [2.45, 2.75) is 58.4 Å². The maximum Gasteiger partial charge on any atom is 0.310 e. The van der Waals surface area contributed by atoms with E-state index in [1.807, 2.05) is 6.92 Å². The fraction of sp³-hybridized carbons (Fsp3) is 0.923. The fourth-order valence-electron chi connectivity index (χ4n) is 2.35. The molecule has 0 saturated heterocycles. The molecule has 0 aromatic heterocycles. The smallest absolute Gasteiger partial charge is 0.310 e. The summed E-state index contributed by atoms with van der Waals surface area (Å²) in [7, 11) is 0. The Morgan fingerprint density at radius 2 is 2.06 bits per heavy atom. The van der Waals surface area contributed by atoms with Gasteiger partial charge in [-0.1, -0.05) is 26.2 Å². The van der Waals surface area contributed by atoms with Crippen LogP contribution in [0.25, 0.3) is 0 Å². The first-order chi connectivity index (χ1) is 7.77. The lowest BCUT2D eigenvalue weighted by Gasteiger charge is -2.18. The molecule has 0 aromatic carbocycles. The molecular weight excluding hydrogens is 202 g/mol. The minimum atomic E-state index is -0.0325. The van der Waals surface area contributed by atoms with E-state index >= 15 is 0 Å². The zero-order valence-electron chi connectivity index (χ0n) is 10.6. The molecule has 1 rings (SSSR count). The van der Waals surface area contributed by atoms with E-state index in [9.17, 15) is 4.79 Å². The van der Waals surface area contributed by atoms with Crippen molar-refractivity contribution in [2.75, 3.05) is 13.2 Å². The van der Waals surface area contributed by atoms with Crippen molar-refractivity contribution in [1.29, 1.82) is 0 Å². The monoisotopic (exact) mass is 227 g/mol. The first-order valence-electron chi connectivity index (χ1n) is 6.68. The Hall–Kier alpha value is -0.570. The second kappa shape index (κ2) is 7.66. The summed E-state index contributed by atoms with van der Waals surface area (Å²) in [6, 6.07) is 0.633. The summed E-state index contributed by atoms with van der Waals surface area (Å²) in [4.78, 5) is 11.7. The molecule has 1 N–H and O–H groups in total. The molecule has 1 atom stereocenters. The third kappa shape index (κ3) is 4.52. The van der Waals surface area contributed by atoms with Crippen LogP contribution in [0.3, 0.4) is 0 Å². The Bertz CT molecular complexity index is 200. The van der Waals surface area contributed by atoms with Crippen LogP contribution in [0.1, 0.15) is 52.4 Å². The minimum Gasteiger partial charge on any atom is -0.466 e. The molecule has 1 aliphatic rings. The number of carbonyl (C=O) groups excluding carboxylic acids is 1. The highest BCUT2D eigenvalue weighted by Crippen LogP contribution is 2.18. The lowest BCUT2D eigenvalue weighted by molar-refractivity contribution is -0.148. The predicted octanol–water partition coefficient (Wildman–Crippen LogP) is 2.50. The van der Waals surface area contributed by atoms with Crippen molar-refractivity contribution in [3.05, 3.63) is 0 Å². The van der Waals surface area contributed by atoms with E-state index < -0.39 is 0 Å². The summed E-state index contributed by atoms with van der Waals surface area (Å²) in [6.45, 7) is 5.26. The first-order valence-corrected chi connectivity index (χ1v) is 6.68. The third-order valence-electron chi connectivity index (χ3n) is 3.27. The highest BCUT2D eigenvalue weighted by atomic mass is 16.5. The van der Waals surface area contributed by atoms with Crippen LogP contribution in [0.15, 0.2) is 0 Å². The van der Waals surface area contributed by atoms with E-state index in [0.29, 0.717) is 12.6 Å². The molecule has 1 saturated carbocycles. The van der Waals surface area contributed by atoms with Gasteiger partial charge in [0.15, 0.2) is 0 Å². The molecular formula is C13H25NO2. The average Bonchev–Trinajstić information content (AvgIpc) is 2.77. The van der Waals surface area contributed by atoms with E-state index in [1.54, 1.807) is 0 Å². The van der Waals surface area contributed by atoms with Gasteiger partial charge in [-0.2, -0.15) is 0 Å². The summed E-state index contributed by atoms with van der Waals surface area (Å²) in [5, 5.41) is 3.50. The molecule has 0 spiro atoms. The van der Waals surface area contributed by atoms with Gasteiger partial charge in [-0.05, 0) is 26.2 Å². The molecule has 0 aromatic rings. The zero-order chi connectivity index (χ0) is 11.8. The van der Waals surface area contributed by atoms with Crippen LogP contribution in [0.5, 0.6) is 0 Å². The summed E-state index contributed by atoms with van der Waals surface area (Å²) in [6.07, 6.45) is 7.16. The van der Waals surface area contributed by atoms with Gasteiger partial charge in [-0.25, -0.2) is 0 Å². The van der Waals surface area contributed by atoms with Crippen LogP contribution < -0.4 is 5.32 Å². The van der Waals surface area contributed by atoms with Crippen molar-refractivity contribution in [2.24, 2.45) is 5.92 Å². The highest BCUT2D eigenvalue weighted by Gasteiger charge is 2.21. The molecule has 16 heavy (non-hydrogen) atoms. The first kappa shape index (κ1) is 13.5. The fourth-order valence-corrected chi connectivity index (χ4v) is 2.35. The average molecular weight is 227 g/mol. The number of rotatable bonds is 7. The normalized spacial score (nSPS) is 18.6. The Morgan fingerprint density at radius 1 is 1.38 bits per heavy atom. The second-order valence-electron chi connectivity index (χ2n) is 4.63. The molecule has 1 unspecified atom stereocenters. The van der Waals surface area contributed by atoms with Gasteiger partial charge >= 0.3 is 5.97 Å². The Labute approximate surface area is 98.9 Å². The molecule has 0 radical (unpaired) electrons. The molecule has 94 valence electrons. The van der Waals surface area contributed by atoms with Crippen molar-refractivity contribution < 1.29 is 9.53 Å². The number of esters is 1. The molecule has 3 heteroatoms. The number of hydrogen-bond donors (Lipinski definition) is 1. The maximum atomic E-state index is 11.7. The molecule has 1 aliphatic carbocycles. The van der Waals surface area contributed by atoms with Gasteiger partial charge in [0.05, 0.1) is 12.5 Å². The van der Waals surface area contributed by atoms with E-state index in [0.717, 1.165) is 19.4 Å². The lowest BCUT2D eigenvalue weighted by Crippen LogP contribution is -2.35. The Morgan fingerprint density at radius 3 is 2.62 bits per heavy atom. The predicted molar refractivity (Wildman–Crippen MR) is 65.3 cm³/mol. The minimum absolute atomic E-state index is 0.0325. The molecule has 0 aliphatic heterocycles. The summed E-state index contributed by atoms with van der Waals surface area (Å²) < 4.78 is 5.09. The van der Waals surface area contributed by atoms with Crippen molar-refractivity contribution >= 4 is 5.97 Å². The SMILES string of the molecule is CCCC(CNC1CCCC1)C(=O)OCC. The van der Waals surface area contributed by atoms with E-state index in [2.05, 4.69) is 12.2 Å². The van der Waals surface area contributed by atoms with Gasteiger partial charge in [0, 0.05) is 12.6 Å². The summed E-state index contributed by atoms with van der Waals surface area (Å²) in [5.74, 6) is 0.0143.